The zero-order valence-corrected chi connectivity index (χ0v) is 11.4. The number of hydrogen-bond donors (Lipinski definition) is 1. The standard InChI is InChI=1S/C14H18N2OS/c1-18-12-6-4-11(5-7-12)16-9-8-13(14(16)17)15-10-2-3-10/h4-7,10,13,15H,2-3,8-9H2,1H3. The van der Waals surface area contributed by atoms with Crippen LogP contribution in [0.25, 0.3) is 0 Å². The van der Waals surface area contributed by atoms with E-state index in [4.69, 9.17) is 0 Å². The van der Waals surface area contributed by atoms with Crippen LogP contribution in [0.15, 0.2) is 29.2 Å². The molecular weight excluding hydrogens is 244 g/mol. The molecule has 1 aromatic rings. The van der Waals surface area contributed by atoms with Crippen LogP contribution in [0.2, 0.25) is 0 Å². The van der Waals surface area contributed by atoms with Crippen molar-refractivity contribution >= 4 is 23.4 Å². The molecule has 18 heavy (non-hydrogen) atoms. The minimum Gasteiger partial charge on any atom is -0.311 e. The van der Waals surface area contributed by atoms with Crippen molar-refractivity contribution in [3.8, 4) is 0 Å². The molecule has 1 aromatic carbocycles. The lowest BCUT2D eigenvalue weighted by atomic mass is 10.2. The maximum atomic E-state index is 12.3. The number of rotatable bonds is 4. The fourth-order valence-corrected chi connectivity index (χ4v) is 2.80. The third-order valence-electron chi connectivity index (χ3n) is 3.60. The second-order valence-electron chi connectivity index (χ2n) is 4.97. The van der Waals surface area contributed by atoms with E-state index in [2.05, 4.69) is 23.7 Å². The maximum absolute atomic E-state index is 12.3. The Kier molecular flexibility index (Phi) is 3.31. The largest absolute Gasteiger partial charge is 0.311 e. The first-order valence-corrected chi connectivity index (χ1v) is 7.72. The highest BCUT2D eigenvalue weighted by Crippen LogP contribution is 2.27. The molecule has 1 aliphatic carbocycles. The van der Waals surface area contributed by atoms with Gasteiger partial charge in [-0.2, -0.15) is 0 Å². The summed E-state index contributed by atoms with van der Waals surface area (Å²) in [6, 6.07) is 8.88. The van der Waals surface area contributed by atoms with Crippen LogP contribution < -0.4 is 10.2 Å². The summed E-state index contributed by atoms with van der Waals surface area (Å²) in [5.74, 6) is 0.235. The number of thioether (sulfide) groups is 1. The number of nitrogens with one attached hydrogen (secondary N) is 1. The van der Waals surface area contributed by atoms with E-state index in [1.807, 2.05) is 17.0 Å². The predicted molar refractivity (Wildman–Crippen MR) is 75.1 cm³/mol. The van der Waals surface area contributed by atoms with Gasteiger partial charge < -0.3 is 10.2 Å². The molecule has 1 N–H and O–H groups in total. The van der Waals surface area contributed by atoms with Crippen molar-refractivity contribution < 1.29 is 4.79 Å². The summed E-state index contributed by atoms with van der Waals surface area (Å²) in [5.41, 5.74) is 1.03. The van der Waals surface area contributed by atoms with E-state index >= 15 is 0 Å². The van der Waals surface area contributed by atoms with Gasteiger partial charge in [0, 0.05) is 23.2 Å². The highest BCUT2D eigenvalue weighted by Gasteiger charge is 2.36. The molecule has 0 aromatic heterocycles. The van der Waals surface area contributed by atoms with Gasteiger partial charge in [0.05, 0.1) is 6.04 Å². The Labute approximate surface area is 112 Å². The van der Waals surface area contributed by atoms with E-state index in [1.54, 1.807) is 11.8 Å². The summed E-state index contributed by atoms with van der Waals surface area (Å²) in [5, 5.41) is 3.43. The van der Waals surface area contributed by atoms with E-state index < -0.39 is 0 Å². The Hall–Kier alpha value is -1.00. The number of nitrogens with zero attached hydrogens (tertiary/aromatic N) is 1. The molecule has 2 fully saturated rings. The molecule has 0 spiro atoms. The number of carbonyl (C=O) groups excluding carboxylic acids is 1. The minimum absolute atomic E-state index is 0.0396. The molecule has 1 atom stereocenters. The molecule has 1 amide bonds. The van der Waals surface area contributed by atoms with Crippen LogP contribution in [0.4, 0.5) is 5.69 Å². The summed E-state index contributed by atoms with van der Waals surface area (Å²) in [6.07, 6.45) is 5.45. The second-order valence-corrected chi connectivity index (χ2v) is 5.85. The first-order valence-electron chi connectivity index (χ1n) is 6.49. The zero-order chi connectivity index (χ0) is 12.5. The lowest BCUT2D eigenvalue weighted by Gasteiger charge is -2.17. The molecule has 0 radical (unpaired) electrons. The van der Waals surface area contributed by atoms with Crippen molar-refractivity contribution in [3.05, 3.63) is 24.3 Å². The van der Waals surface area contributed by atoms with Crippen molar-refractivity contribution in [3.63, 3.8) is 0 Å². The van der Waals surface area contributed by atoms with Crippen molar-refractivity contribution in [1.82, 2.24) is 5.32 Å². The van der Waals surface area contributed by atoms with Crippen LogP contribution >= 0.6 is 11.8 Å². The van der Waals surface area contributed by atoms with Gasteiger partial charge in [-0.25, -0.2) is 0 Å². The summed E-state index contributed by atoms with van der Waals surface area (Å²) >= 11 is 1.72. The van der Waals surface area contributed by atoms with E-state index in [9.17, 15) is 4.79 Å². The highest BCUT2D eigenvalue weighted by molar-refractivity contribution is 7.98. The number of amides is 1. The third kappa shape index (κ3) is 2.40. The van der Waals surface area contributed by atoms with Crippen LogP contribution in [0.3, 0.4) is 0 Å². The lowest BCUT2D eigenvalue weighted by Crippen LogP contribution is -2.39. The normalized spacial score (nSPS) is 23.7. The molecule has 1 saturated heterocycles. The zero-order valence-electron chi connectivity index (χ0n) is 10.6. The smallest absolute Gasteiger partial charge is 0.244 e. The van der Waals surface area contributed by atoms with Crippen molar-refractivity contribution in [1.29, 1.82) is 0 Å². The van der Waals surface area contributed by atoms with E-state index in [0.717, 1.165) is 18.7 Å². The Morgan fingerprint density at radius 1 is 1.22 bits per heavy atom. The van der Waals surface area contributed by atoms with Crippen LogP contribution in [0.1, 0.15) is 19.3 Å². The molecule has 1 unspecified atom stereocenters. The summed E-state index contributed by atoms with van der Waals surface area (Å²) < 4.78 is 0. The van der Waals surface area contributed by atoms with Gasteiger partial charge in [-0.1, -0.05) is 0 Å². The first-order chi connectivity index (χ1) is 8.78. The van der Waals surface area contributed by atoms with Gasteiger partial charge in [-0.15, -0.1) is 11.8 Å². The molecule has 1 aliphatic heterocycles. The van der Waals surface area contributed by atoms with Gasteiger partial charge >= 0.3 is 0 Å². The molecule has 1 saturated carbocycles. The van der Waals surface area contributed by atoms with Gasteiger partial charge in [0.25, 0.3) is 0 Å². The van der Waals surface area contributed by atoms with E-state index in [1.165, 1.54) is 17.7 Å². The van der Waals surface area contributed by atoms with Gasteiger partial charge in [0.1, 0.15) is 0 Å². The van der Waals surface area contributed by atoms with Crippen molar-refractivity contribution in [2.24, 2.45) is 0 Å². The van der Waals surface area contributed by atoms with Crippen molar-refractivity contribution in [2.75, 3.05) is 17.7 Å². The van der Waals surface area contributed by atoms with Gasteiger partial charge in [0.2, 0.25) is 5.91 Å². The molecule has 3 rings (SSSR count). The Morgan fingerprint density at radius 2 is 1.94 bits per heavy atom. The van der Waals surface area contributed by atoms with Gasteiger partial charge in [-0.3, -0.25) is 4.79 Å². The van der Waals surface area contributed by atoms with Crippen LogP contribution in [-0.4, -0.2) is 30.8 Å². The van der Waals surface area contributed by atoms with Gasteiger partial charge in [-0.05, 0) is 49.8 Å². The maximum Gasteiger partial charge on any atom is 0.244 e. The highest BCUT2D eigenvalue weighted by atomic mass is 32.2. The average molecular weight is 262 g/mol. The number of hydrogen-bond acceptors (Lipinski definition) is 3. The second kappa shape index (κ2) is 4.94. The van der Waals surface area contributed by atoms with Crippen molar-refractivity contribution in [2.45, 2.75) is 36.2 Å². The van der Waals surface area contributed by atoms with Crippen LogP contribution in [0.5, 0.6) is 0 Å². The molecular formula is C14H18N2OS. The summed E-state index contributed by atoms with van der Waals surface area (Å²) in [6.45, 7) is 0.835. The Balaban J connectivity index is 1.69. The molecule has 2 aliphatic rings. The van der Waals surface area contributed by atoms with Crippen LogP contribution in [-0.2, 0) is 4.79 Å². The Bertz CT molecular complexity index is 442. The molecule has 3 nitrogen and oxygen atoms in total. The Morgan fingerprint density at radius 3 is 2.56 bits per heavy atom. The quantitative estimate of drug-likeness (QED) is 0.845. The van der Waals surface area contributed by atoms with E-state index in [-0.39, 0.29) is 11.9 Å². The van der Waals surface area contributed by atoms with E-state index in [0.29, 0.717) is 6.04 Å². The lowest BCUT2D eigenvalue weighted by molar-refractivity contribution is -0.118. The van der Waals surface area contributed by atoms with Crippen LogP contribution in [0, 0.1) is 0 Å². The summed E-state index contributed by atoms with van der Waals surface area (Å²) in [4.78, 5) is 15.4. The molecule has 4 heteroatoms. The number of carbonyl (C=O) groups is 1. The topological polar surface area (TPSA) is 32.3 Å². The van der Waals surface area contributed by atoms with Gasteiger partial charge in [0.15, 0.2) is 0 Å². The first kappa shape index (κ1) is 12.1. The molecule has 96 valence electrons. The monoisotopic (exact) mass is 262 g/mol. The number of benzene rings is 1. The molecule has 1 heterocycles. The fourth-order valence-electron chi connectivity index (χ4n) is 2.39. The SMILES string of the molecule is CSc1ccc(N2CCC(NC3CC3)C2=O)cc1. The fraction of sp³-hybridized carbons (Fsp3) is 0.500. The average Bonchev–Trinajstić information content (AvgIpc) is 3.15. The summed E-state index contributed by atoms with van der Waals surface area (Å²) in [7, 11) is 0. The predicted octanol–water partition coefficient (Wildman–Crippen LogP) is 2.27. The minimum atomic E-state index is 0.0396. The third-order valence-corrected chi connectivity index (χ3v) is 4.35. The molecule has 0 bridgehead atoms. The number of anilines is 1.